The third kappa shape index (κ3) is 6.71. The number of carbonyl (C=O) groups excluding carboxylic acids is 1. The van der Waals surface area contributed by atoms with Gasteiger partial charge in [0.1, 0.15) is 24.3 Å². The molecule has 0 aromatic rings. The van der Waals surface area contributed by atoms with Crippen LogP contribution in [0.2, 0.25) is 0 Å². The highest BCUT2D eigenvalue weighted by Gasteiger charge is 2.12. The van der Waals surface area contributed by atoms with Crippen LogP contribution in [0.3, 0.4) is 0 Å². The predicted octanol–water partition coefficient (Wildman–Crippen LogP) is 0.317. The average molecular weight is 215 g/mol. The maximum Gasteiger partial charge on any atom is 0.322 e. The topological polar surface area (TPSA) is 86.6 Å². The smallest absolute Gasteiger partial charge is 0.322 e. The van der Waals surface area contributed by atoms with E-state index in [1.165, 1.54) is 5.94 Å². The molecule has 0 aliphatic carbocycles. The fourth-order valence-corrected chi connectivity index (χ4v) is 1.12. The van der Waals surface area contributed by atoms with Gasteiger partial charge in [-0.1, -0.05) is 26.2 Å². The van der Waals surface area contributed by atoms with Crippen molar-refractivity contribution in [2.45, 2.75) is 38.7 Å². The molecule has 0 amide bonds. The molecule has 0 radical (unpaired) electrons. The van der Waals surface area contributed by atoms with E-state index in [0.717, 1.165) is 19.3 Å². The Balaban J connectivity index is 3.95. The molecule has 0 aliphatic heterocycles. The van der Waals surface area contributed by atoms with E-state index >= 15 is 0 Å². The van der Waals surface area contributed by atoms with E-state index in [1.807, 2.05) is 6.92 Å². The van der Waals surface area contributed by atoms with Crippen LogP contribution in [0.15, 0.2) is 5.70 Å². The number of aliphatic carboxylic acids is 1. The van der Waals surface area contributed by atoms with Gasteiger partial charge in [-0.05, 0) is 6.42 Å². The molecule has 0 rings (SSSR count). The Morgan fingerprint density at radius 1 is 1.47 bits per heavy atom. The zero-order valence-electron chi connectivity index (χ0n) is 8.82. The minimum Gasteiger partial charge on any atom is -0.480 e. The predicted molar refractivity (Wildman–Crippen MR) is 55.0 cm³/mol. The first-order chi connectivity index (χ1) is 7.11. The second-order valence-corrected chi connectivity index (χ2v) is 3.27. The second-order valence-electron chi connectivity index (χ2n) is 3.27. The van der Waals surface area contributed by atoms with Crippen LogP contribution in [0.1, 0.15) is 32.6 Å². The van der Waals surface area contributed by atoms with Crippen molar-refractivity contribution in [2.24, 2.45) is 0 Å². The van der Waals surface area contributed by atoms with Crippen LogP contribution in [0.25, 0.3) is 0 Å². The number of carboxylic acid groups (broad SMARTS) is 1. The standard InChI is InChI=1S/C10H17NO4/c1-2-3-4-5-9(13)8(7-12)11-6-10(14)15/h9,11,13H,2-6H2,1H3,(H,14,15). The molecule has 0 saturated carbocycles. The van der Waals surface area contributed by atoms with Crippen molar-refractivity contribution in [3.05, 3.63) is 5.70 Å². The Kier molecular flexibility index (Phi) is 7.32. The largest absolute Gasteiger partial charge is 0.480 e. The Labute approximate surface area is 88.8 Å². The molecule has 15 heavy (non-hydrogen) atoms. The van der Waals surface area contributed by atoms with Crippen LogP contribution < -0.4 is 5.32 Å². The molecule has 3 N–H and O–H groups in total. The molecule has 0 aromatic carbocycles. The number of carbonyl (C=O) groups is 1. The fraction of sp³-hybridized carbons (Fsp3) is 0.700. The summed E-state index contributed by atoms with van der Waals surface area (Å²) in [5, 5.41) is 20.2. The quantitative estimate of drug-likeness (QED) is 0.401. The maximum absolute atomic E-state index is 10.4. The molecule has 0 fully saturated rings. The highest BCUT2D eigenvalue weighted by atomic mass is 16.4. The molecule has 0 bridgehead atoms. The Morgan fingerprint density at radius 2 is 2.13 bits per heavy atom. The summed E-state index contributed by atoms with van der Waals surface area (Å²) in [4.78, 5) is 20.6. The lowest BCUT2D eigenvalue weighted by molar-refractivity contribution is -0.135. The van der Waals surface area contributed by atoms with Gasteiger partial charge < -0.3 is 15.5 Å². The van der Waals surface area contributed by atoms with Gasteiger partial charge in [0, 0.05) is 0 Å². The summed E-state index contributed by atoms with van der Waals surface area (Å²) in [7, 11) is 0. The first-order valence-electron chi connectivity index (χ1n) is 5.00. The maximum atomic E-state index is 10.4. The van der Waals surface area contributed by atoms with Gasteiger partial charge in [0.2, 0.25) is 0 Å². The van der Waals surface area contributed by atoms with Gasteiger partial charge in [-0.2, -0.15) is 0 Å². The second kappa shape index (κ2) is 8.03. The molecule has 0 heterocycles. The van der Waals surface area contributed by atoms with Crippen LogP contribution in [0.5, 0.6) is 0 Å². The van der Waals surface area contributed by atoms with Gasteiger partial charge in [-0.25, -0.2) is 4.79 Å². The van der Waals surface area contributed by atoms with E-state index < -0.39 is 12.1 Å². The van der Waals surface area contributed by atoms with Crippen molar-refractivity contribution in [1.29, 1.82) is 0 Å². The van der Waals surface area contributed by atoms with Gasteiger partial charge in [0.05, 0.1) is 0 Å². The minimum absolute atomic E-state index is 0.0755. The van der Waals surface area contributed by atoms with Crippen molar-refractivity contribution >= 4 is 11.9 Å². The third-order valence-corrected chi connectivity index (χ3v) is 1.95. The number of carboxylic acids is 1. The summed E-state index contributed by atoms with van der Waals surface area (Å²) in [5.74, 6) is 0.446. The molecular formula is C10H17NO4. The molecule has 0 aliphatic rings. The van der Waals surface area contributed by atoms with Gasteiger partial charge in [-0.3, -0.25) is 4.79 Å². The number of aliphatic hydroxyl groups excluding tert-OH is 1. The van der Waals surface area contributed by atoms with Gasteiger partial charge >= 0.3 is 5.97 Å². The minimum atomic E-state index is -1.08. The number of unbranched alkanes of at least 4 members (excludes halogenated alkanes) is 2. The van der Waals surface area contributed by atoms with Gasteiger partial charge in [0.15, 0.2) is 0 Å². The number of aliphatic hydroxyl groups is 1. The highest BCUT2D eigenvalue weighted by molar-refractivity contribution is 5.70. The van der Waals surface area contributed by atoms with Crippen molar-refractivity contribution in [3.63, 3.8) is 0 Å². The van der Waals surface area contributed by atoms with Crippen molar-refractivity contribution in [3.8, 4) is 0 Å². The molecule has 0 aromatic heterocycles. The number of hydrogen-bond acceptors (Lipinski definition) is 4. The molecule has 1 atom stereocenters. The Morgan fingerprint density at radius 3 is 2.60 bits per heavy atom. The lowest BCUT2D eigenvalue weighted by atomic mass is 10.1. The van der Waals surface area contributed by atoms with Crippen molar-refractivity contribution in [2.75, 3.05) is 6.54 Å². The summed E-state index contributed by atoms with van der Waals surface area (Å²) in [6.07, 6.45) is 2.31. The third-order valence-electron chi connectivity index (χ3n) is 1.95. The molecule has 5 nitrogen and oxygen atoms in total. The molecule has 1 unspecified atom stereocenters. The summed E-state index contributed by atoms with van der Waals surface area (Å²) in [6, 6.07) is 0. The number of hydrogen-bond donors (Lipinski definition) is 3. The fourth-order valence-electron chi connectivity index (χ4n) is 1.12. The number of nitrogens with one attached hydrogen (secondary N) is 1. The summed E-state index contributed by atoms with van der Waals surface area (Å²) in [6.45, 7) is 1.65. The van der Waals surface area contributed by atoms with Crippen LogP contribution >= 0.6 is 0 Å². The van der Waals surface area contributed by atoms with Gasteiger partial charge in [0.25, 0.3) is 0 Å². The molecule has 5 heteroatoms. The Hall–Kier alpha value is -1.32. The van der Waals surface area contributed by atoms with E-state index in [1.54, 1.807) is 0 Å². The van der Waals surface area contributed by atoms with Crippen molar-refractivity contribution in [1.82, 2.24) is 5.32 Å². The first kappa shape index (κ1) is 13.7. The first-order valence-corrected chi connectivity index (χ1v) is 5.00. The summed E-state index contributed by atoms with van der Waals surface area (Å²) < 4.78 is 0. The lowest BCUT2D eigenvalue weighted by Gasteiger charge is -2.12. The number of rotatable bonds is 8. The molecule has 86 valence electrons. The molecule has 0 spiro atoms. The van der Waals surface area contributed by atoms with E-state index in [4.69, 9.17) is 5.11 Å². The van der Waals surface area contributed by atoms with Crippen LogP contribution in [0, 0.1) is 0 Å². The monoisotopic (exact) mass is 215 g/mol. The zero-order valence-corrected chi connectivity index (χ0v) is 8.82. The average Bonchev–Trinajstić information content (AvgIpc) is 2.18. The van der Waals surface area contributed by atoms with E-state index in [9.17, 15) is 14.7 Å². The van der Waals surface area contributed by atoms with Crippen molar-refractivity contribution < 1.29 is 19.8 Å². The SMILES string of the molecule is CCCCCC(O)C(=C=O)NCC(=O)O. The van der Waals surface area contributed by atoms with Gasteiger partial charge in [-0.15, -0.1) is 0 Å². The van der Waals surface area contributed by atoms with E-state index in [-0.39, 0.29) is 12.2 Å². The normalized spacial score (nSPS) is 11.6. The van der Waals surface area contributed by atoms with Crippen LogP contribution in [0.4, 0.5) is 0 Å². The summed E-state index contributed by atoms with van der Waals surface area (Å²) in [5.41, 5.74) is -0.0755. The lowest BCUT2D eigenvalue weighted by Crippen LogP contribution is -2.29. The highest BCUT2D eigenvalue weighted by Crippen LogP contribution is 2.07. The van der Waals surface area contributed by atoms with Crippen LogP contribution in [-0.2, 0) is 9.59 Å². The molecular weight excluding hydrogens is 198 g/mol. The van der Waals surface area contributed by atoms with Crippen LogP contribution in [-0.4, -0.2) is 34.8 Å². The zero-order chi connectivity index (χ0) is 11.7. The Bertz CT molecular complexity index is 246. The van der Waals surface area contributed by atoms with E-state index in [0.29, 0.717) is 6.42 Å². The van der Waals surface area contributed by atoms with E-state index in [2.05, 4.69) is 5.32 Å². The summed E-state index contributed by atoms with van der Waals surface area (Å²) >= 11 is 0. The molecule has 0 saturated heterocycles.